The molecule has 0 radical (unpaired) electrons. The van der Waals surface area contributed by atoms with Crippen LogP contribution in [0.1, 0.15) is 5.56 Å². The molecule has 0 amide bonds. The Morgan fingerprint density at radius 3 is 2.62 bits per heavy atom. The quantitative estimate of drug-likeness (QED) is 0.676. The first-order chi connectivity index (χ1) is 10.0. The van der Waals surface area contributed by atoms with Crippen molar-refractivity contribution in [3.8, 4) is 11.5 Å². The summed E-state index contributed by atoms with van der Waals surface area (Å²) in [6.45, 7) is -0.329. The number of non-ortho nitro benzene ring substituents is 1. The van der Waals surface area contributed by atoms with Crippen molar-refractivity contribution in [2.45, 2.75) is 6.61 Å². The molecule has 0 unspecified atom stereocenters. The van der Waals surface area contributed by atoms with Crippen LogP contribution in [0.15, 0.2) is 42.5 Å². The van der Waals surface area contributed by atoms with Gasteiger partial charge in [-0.3, -0.25) is 10.1 Å². The molecule has 0 aliphatic rings. The summed E-state index contributed by atoms with van der Waals surface area (Å²) in [7, 11) is 3.84. The molecule has 0 saturated carbocycles. The van der Waals surface area contributed by atoms with Gasteiger partial charge in [-0.2, -0.15) is 0 Å². The molecule has 0 spiro atoms. The fraction of sp³-hybridized carbons (Fsp3) is 0.200. The van der Waals surface area contributed by atoms with Crippen LogP contribution < -0.4 is 9.64 Å². The molecule has 6 nitrogen and oxygen atoms in total. The van der Waals surface area contributed by atoms with Gasteiger partial charge >= 0.3 is 0 Å². The number of rotatable bonds is 5. The first-order valence-electron chi connectivity index (χ1n) is 6.34. The first kappa shape index (κ1) is 14.8. The van der Waals surface area contributed by atoms with Crippen LogP contribution in [0, 0.1) is 10.1 Å². The molecule has 0 aliphatic carbocycles. The summed E-state index contributed by atoms with van der Waals surface area (Å²) in [5, 5.41) is 20.1. The number of hydrogen-bond donors (Lipinski definition) is 1. The molecule has 0 atom stereocenters. The molecule has 6 heteroatoms. The van der Waals surface area contributed by atoms with Gasteiger partial charge in [-0.15, -0.1) is 0 Å². The molecule has 1 N–H and O–H groups in total. The topological polar surface area (TPSA) is 75.8 Å². The zero-order chi connectivity index (χ0) is 15.4. The summed E-state index contributed by atoms with van der Waals surface area (Å²) < 4.78 is 5.72. The van der Waals surface area contributed by atoms with Gasteiger partial charge in [0.05, 0.1) is 11.5 Å². The van der Waals surface area contributed by atoms with Crippen molar-refractivity contribution in [1.82, 2.24) is 0 Å². The maximum atomic E-state index is 10.7. The highest BCUT2D eigenvalue weighted by atomic mass is 16.6. The molecular weight excluding hydrogens is 272 g/mol. The minimum absolute atomic E-state index is 0.0755. The minimum atomic E-state index is -0.504. The Bertz CT molecular complexity index is 656. The van der Waals surface area contributed by atoms with Crippen LogP contribution in [0.5, 0.6) is 11.5 Å². The van der Waals surface area contributed by atoms with Crippen LogP contribution in [-0.2, 0) is 6.61 Å². The van der Waals surface area contributed by atoms with Gasteiger partial charge in [0.25, 0.3) is 5.69 Å². The van der Waals surface area contributed by atoms with E-state index in [2.05, 4.69) is 0 Å². The summed E-state index contributed by atoms with van der Waals surface area (Å²) in [6, 6.07) is 11.6. The molecule has 0 saturated heterocycles. The number of nitro benzene ring substituents is 1. The van der Waals surface area contributed by atoms with E-state index in [0.29, 0.717) is 17.1 Å². The lowest BCUT2D eigenvalue weighted by Gasteiger charge is -2.15. The number of hydrogen-bond acceptors (Lipinski definition) is 5. The van der Waals surface area contributed by atoms with E-state index in [9.17, 15) is 15.2 Å². The standard InChI is InChI=1S/C15H16N2O4/c1-16(2)12-4-3-5-14(9-12)21-15-7-6-13(17(19)20)8-11(15)10-18/h3-9,18H,10H2,1-2H3. The van der Waals surface area contributed by atoms with Gasteiger partial charge in [0.2, 0.25) is 0 Å². The number of nitro groups is 1. The number of ether oxygens (including phenoxy) is 1. The third-order valence-corrected chi connectivity index (χ3v) is 2.99. The molecule has 21 heavy (non-hydrogen) atoms. The van der Waals surface area contributed by atoms with E-state index in [0.717, 1.165) is 5.69 Å². The third-order valence-electron chi connectivity index (χ3n) is 2.99. The zero-order valence-corrected chi connectivity index (χ0v) is 11.8. The largest absolute Gasteiger partial charge is 0.457 e. The van der Waals surface area contributed by atoms with E-state index >= 15 is 0 Å². The summed E-state index contributed by atoms with van der Waals surface area (Å²) in [6.07, 6.45) is 0. The predicted molar refractivity (Wildman–Crippen MR) is 79.9 cm³/mol. The smallest absolute Gasteiger partial charge is 0.270 e. The van der Waals surface area contributed by atoms with E-state index in [1.54, 1.807) is 6.07 Å². The Labute approximate surface area is 122 Å². The van der Waals surface area contributed by atoms with Crippen molar-refractivity contribution < 1.29 is 14.8 Å². The molecule has 0 aromatic heterocycles. The molecule has 2 rings (SSSR count). The lowest BCUT2D eigenvalue weighted by atomic mass is 10.2. The molecule has 0 heterocycles. The molecule has 0 bridgehead atoms. The molecular formula is C15H16N2O4. The summed E-state index contributed by atoms with van der Waals surface area (Å²) >= 11 is 0. The van der Waals surface area contributed by atoms with Gasteiger partial charge < -0.3 is 14.7 Å². The highest BCUT2D eigenvalue weighted by Crippen LogP contribution is 2.30. The van der Waals surface area contributed by atoms with Gasteiger partial charge in [0.1, 0.15) is 11.5 Å². The number of nitrogens with zero attached hydrogens (tertiary/aromatic N) is 2. The highest BCUT2D eigenvalue weighted by molar-refractivity contribution is 5.51. The number of aliphatic hydroxyl groups excluding tert-OH is 1. The Morgan fingerprint density at radius 1 is 1.24 bits per heavy atom. The average molecular weight is 288 g/mol. The molecule has 110 valence electrons. The molecule has 0 aliphatic heterocycles. The van der Waals surface area contributed by atoms with E-state index in [4.69, 9.17) is 4.74 Å². The van der Waals surface area contributed by atoms with E-state index in [-0.39, 0.29) is 12.3 Å². The van der Waals surface area contributed by atoms with E-state index in [1.807, 2.05) is 37.2 Å². The molecule has 0 fully saturated rings. The minimum Gasteiger partial charge on any atom is -0.457 e. The average Bonchev–Trinajstić information content (AvgIpc) is 2.47. The Morgan fingerprint density at radius 2 is 2.00 bits per heavy atom. The Hall–Kier alpha value is -2.60. The van der Waals surface area contributed by atoms with Gasteiger partial charge in [0.15, 0.2) is 0 Å². The zero-order valence-electron chi connectivity index (χ0n) is 11.8. The summed E-state index contributed by atoms with van der Waals surface area (Å²) in [5.41, 5.74) is 1.27. The maximum absolute atomic E-state index is 10.7. The lowest BCUT2D eigenvalue weighted by Crippen LogP contribution is -2.08. The second kappa shape index (κ2) is 6.23. The monoisotopic (exact) mass is 288 g/mol. The van der Waals surface area contributed by atoms with Crippen molar-refractivity contribution in [3.63, 3.8) is 0 Å². The van der Waals surface area contributed by atoms with Crippen molar-refractivity contribution >= 4 is 11.4 Å². The second-order valence-corrected chi connectivity index (χ2v) is 4.70. The lowest BCUT2D eigenvalue weighted by molar-refractivity contribution is -0.385. The third kappa shape index (κ3) is 3.49. The summed E-state index contributed by atoms with van der Waals surface area (Å²) in [5.74, 6) is 1.00. The van der Waals surface area contributed by atoms with Crippen molar-refractivity contribution in [2.24, 2.45) is 0 Å². The van der Waals surface area contributed by atoms with Gasteiger partial charge in [-0.1, -0.05) is 6.07 Å². The second-order valence-electron chi connectivity index (χ2n) is 4.70. The van der Waals surface area contributed by atoms with Crippen LogP contribution in [0.4, 0.5) is 11.4 Å². The molecule has 2 aromatic rings. The fourth-order valence-corrected chi connectivity index (χ4v) is 1.85. The normalized spacial score (nSPS) is 10.2. The van der Waals surface area contributed by atoms with Gasteiger partial charge in [0, 0.05) is 43.5 Å². The Balaban J connectivity index is 2.31. The number of benzene rings is 2. The van der Waals surface area contributed by atoms with E-state index < -0.39 is 4.92 Å². The maximum Gasteiger partial charge on any atom is 0.270 e. The van der Waals surface area contributed by atoms with Crippen molar-refractivity contribution in [3.05, 3.63) is 58.1 Å². The van der Waals surface area contributed by atoms with E-state index in [1.165, 1.54) is 18.2 Å². The SMILES string of the molecule is CN(C)c1cccc(Oc2ccc([N+](=O)[O-])cc2CO)c1. The van der Waals surface area contributed by atoms with Crippen LogP contribution in [0.2, 0.25) is 0 Å². The van der Waals surface area contributed by atoms with Crippen molar-refractivity contribution in [2.75, 3.05) is 19.0 Å². The van der Waals surface area contributed by atoms with Gasteiger partial charge in [-0.05, 0) is 18.2 Å². The first-order valence-corrected chi connectivity index (χ1v) is 6.34. The predicted octanol–water partition coefficient (Wildman–Crippen LogP) is 2.95. The van der Waals surface area contributed by atoms with Crippen LogP contribution >= 0.6 is 0 Å². The Kier molecular flexibility index (Phi) is 4.39. The summed E-state index contributed by atoms with van der Waals surface area (Å²) in [4.78, 5) is 12.2. The van der Waals surface area contributed by atoms with Gasteiger partial charge in [-0.25, -0.2) is 0 Å². The van der Waals surface area contributed by atoms with Crippen LogP contribution in [0.3, 0.4) is 0 Å². The van der Waals surface area contributed by atoms with Crippen LogP contribution in [0.25, 0.3) is 0 Å². The number of aliphatic hydroxyl groups is 1. The van der Waals surface area contributed by atoms with Crippen molar-refractivity contribution in [1.29, 1.82) is 0 Å². The fourth-order valence-electron chi connectivity index (χ4n) is 1.85. The van der Waals surface area contributed by atoms with Crippen LogP contribution in [-0.4, -0.2) is 24.1 Å². The highest BCUT2D eigenvalue weighted by Gasteiger charge is 2.12. The molecule has 2 aromatic carbocycles. The number of anilines is 1.